The first-order valence-electron chi connectivity index (χ1n) is 6.60. The fraction of sp³-hybridized carbons (Fsp3) is 0.467. The van der Waals surface area contributed by atoms with E-state index in [0.29, 0.717) is 13.0 Å². The Balaban J connectivity index is 2.76. The van der Waals surface area contributed by atoms with Crippen molar-refractivity contribution in [1.82, 2.24) is 5.32 Å². The van der Waals surface area contributed by atoms with Crippen molar-refractivity contribution in [2.24, 2.45) is 11.1 Å². The zero-order valence-corrected chi connectivity index (χ0v) is 12.6. The third-order valence-electron chi connectivity index (χ3n) is 3.69. The number of aryl methyl sites for hydroxylation is 1. The molecule has 4 heteroatoms. The van der Waals surface area contributed by atoms with Crippen LogP contribution in [-0.2, 0) is 17.8 Å². The maximum Gasteiger partial charge on any atom is 0.233 e. The van der Waals surface area contributed by atoms with Gasteiger partial charge in [0.25, 0.3) is 0 Å². The normalized spacial score (nSPS) is 13.6. The fourth-order valence-electron chi connectivity index (χ4n) is 1.89. The van der Waals surface area contributed by atoms with Crippen LogP contribution in [0.2, 0.25) is 0 Å². The van der Waals surface area contributed by atoms with E-state index in [4.69, 9.17) is 18.0 Å². The van der Waals surface area contributed by atoms with Crippen LogP contribution in [0.25, 0.3) is 0 Å². The summed E-state index contributed by atoms with van der Waals surface area (Å²) in [7, 11) is 0. The molecule has 1 aromatic carbocycles. The maximum atomic E-state index is 12.2. The highest BCUT2D eigenvalue weighted by atomic mass is 32.1. The van der Waals surface area contributed by atoms with Crippen LogP contribution in [-0.4, -0.2) is 10.9 Å². The summed E-state index contributed by atoms with van der Waals surface area (Å²) >= 11 is 5.00. The molecule has 0 spiro atoms. The lowest BCUT2D eigenvalue weighted by Gasteiger charge is -2.25. The molecule has 1 rings (SSSR count). The third kappa shape index (κ3) is 3.53. The molecule has 0 aliphatic carbocycles. The smallest absolute Gasteiger partial charge is 0.233 e. The van der Waals surface area contributed by atoms with E-state index in [2.05, 4.69) is 18.3 Å². The third-order valence-corrected chi connectivity index (χ3v) is 4.14. The Bertz CT molecular complexity index is 473. The summed E-state index contributed by atoms with van der Waals surface area (Å²) in [6.07, 6.45) is 1.55. The predicted octanol–water partition coefficient (Wildman–Crippen LogP) is 2.57. The zero-order chi connectivity index (χ0) is 14.5. The van der Waals surface area contributed by atoms with E-state index in [-0.39, 0.29) is 10.9 Å². The number of carbonyl (C=O) groups excluding carboxylic acids is 1. The molecule has 104 valence electrons. The minimum Gasteiger partial charge on any atom is -0.392 e. The van der Waals surface area contributed by atoms with Gasteiger partial charge in [-0.1, -0.05) is 50.3 Å². The van der Waals surface area contributed by atoms with Gasteiger partial charge >= 0.3 is 0 Å². The van der Waals surface area contributed by atoms with Crippen LogP contribution in [0.1, 0.15) is 38.3 Å². The Morgan fingerprint density at radius 1 is 1.32 bits per heavy atom. The lowest BCUT2D eigenvalue weighted by molar-refractivity contribution is -0.127. The Morgan fingerprint density at radius 2 is 1.89 bits per heavy atom. The Hall–Kier alpha value is -1.42. The van der Waals surface area contributed by atoms with Crippen LogP contribution in [0, 0.1) is 5.41 Å². The van der Waals surface area contributed by atoms with E-state index >= 15 is 0 Å². The first-order valence-corrected chi connectivity index (χ1v) is 7.01. The van der Waals surface area contributed by atoms with Crippen LogP contribution in [0.4, 0.5) is 0 Å². The molecule has 1 unspecified atom stereocenters. The van der Waals surface area contributed by atoms with Gasteiger partial charge in [0.15, 0.2) is 0 Å². The molecule has 0 bridgehead atoms. The summed E-state index contributed by atoms with van der Waals surface area (Å²) in [6.45, 7) is 6.32. The second-order valence-electron chi connectivity index (χ2n) is 4.85. The van der Waals surface area contributed by atoms with Crippen molar-refractivity contribution in [3.05, 3.63) is 35.4 Å². The van der Waals surface area contributed by atoms with Crippen LogP contribution in [0.15, 0.2) is 24.3 Å². The van der Waals surface area contributed by atoms with Gasteiger partial charge in [0, 0.05) is 6.54 Å². The van der Waals surface area contributed by atoms with Crippen LogP contribution < -0.4 is 11.1 Å². The summed E-state index contributed by atoms with van der Waals surface area (Å²) in [5.41, 5.74) is 7.30. The molecule has 0 heterocycles. The molecule has 0 saturated carbocycles. The van der Waals surface area contributed by atoms with Crippen LogP contribution >= 0.6 is 12.2 Å². The second kappa shape index (κ2) is 6.66. The van der Waals surface area contributed by atoms with Gasteiger partial charge in [-0.15, -0.1) is 0 Å². The highest BCUT2D eigenvalue weighted by molar-refractivity contribution is 7.80. The lowest BCUT2D eigenvalue weighted by atomic mass is 9.86. The molecule has 1 amide bonds. The molecule has 1 aromatic rings. The number of benzene rings is 1. The summed E-state index contributed by atoms with van der Waals surface area (Å²) in [4.78, 5) is 12.5. The SMILES string of the molecule is CCc1ccccc1CNC(=O)C(C)(CC)C(N)=S. The molecule has 0 saturated heterocycles. The predicted molar refractivity (Wildman–Crippen MR) is 82.9 cm³/mol. The Labute approximate surface area is 120 Å². The summed E-state index contributed by atoms with van der Waals surface area (Å²) in [5, 5.41) is 2.94. The number of nitrogens with two attached hydrogens (primary N) is 1. The quantitative estimate of drug-likeness (QED) is 0.786. The Kier molecular flexibility index (Phi) is 5.48. The highest BCUT2D eigenvalue weighted by Gasteiger charge is 2.34. The van der Waals surface area contributed by atoms with Gasteiger partial charge < -0.3 is 11.1 Å². The van der Waals surface area contributed by atoms with Crippen molar-refractivity contribution in [2.75, 3.05) is 0 Å². The largest absolute Gasteiger partial charge is 0.392 e. The number of hydrogen-bond acceptors (Lipinski definition) is 2. The topological polar surface area (TPSA) is 55.1 Å². The molecular formula is C15H22N2OS. The van der Waals surface area contributed by atoms with Gasteiger partial charge in [-0.05, 0) is 30.9 Å². The maximum absolute atomic E-state index is 12.2. The van der Waals surface area contributed by atoms with Crippen molar-refractivity contribution in [2.45, 2.75) is 40.2 Å². The molecule has 3 N–H and O–H groups in total. The number of thiocarbonyl (C=S) groups is 1. The lowest BCUT2D eigenvalue weighted by Crippen LogP contribution is -2.46. The van der Waals surface area contributed by atoms with E-state index in [0.717, 1.165) is 12.0 Å². The number of amides is 1. The highest BCUT2D eigenvalue weighted by Crippen LogP contribution is 2.22. The average molecular weight is 278 g/mol. The van der Waals surface area contributed by atoms with Gasteiger partial charge in [-0.25, -0.2) is 0 Å². The van der Waals surface area contributed by atoms with Crippen molar-refractivity contribution in [3.8, 4) is 0 Å². The molecule has 19 heavy (non-hydrogen) atoms. The van der Waals surface area contributed by atoms with Gasteiger partial charge in [0.1, 0.15) is 0 Å². The van der Waals surface area contributed by atoms with Crippen molar-refractivity contribution in [1.29, 1.82) is 0 Å². The monoisotopic (exact) mass is 278 g/mol. The van der Waals surface area contributed by atoms with Crippen molar-refractivity contribution >= 4 is 23.1 Å². The average Bonchev–Trinajstić information content (AvgIpc) is 2.43. The van der Waals surface area contributed by atoms with Gasteiger partial charge in [0.05, 0.1) is 10.4 Å². The molecule has 0 radical (unpaired) electrons. The molecule has 0 aromatic heterocycles. The standard InChI is InChI=1S/C15H22N2OS/c1-4-11-8-6-7-9-12(11)10-17-14(18)15(3,5-2)13(16)19/h6-9H,4-5,10H2,1-3H3,(H2,16,19)(H,17,18). The van der Waals surface area contributed by atoms with Gasteiger partial charge in [-0.3, -0.25) is 4.79 Å². The molecule has 0 aliphatic rings. The summed E-state index contributed by atoms with van der Waals surface area (Å²) in [6, 6.07) is 8.10. The zero-order valence-electron chi connectivity index (χ0n) is 11.8. The van der Waals surface area contributed by atoms with E-state index in [1.165, 1.54) is 5.56 Å². The van der Waals surface area contributed by atoms with Crippen LogP contribution in [0.5, 0.6) is 0 Å². The number of hydrogen-bond donors (Lipinski definition) is 2. The molecule has 0 aliphatic heterocycles. The minimum atomic E-state index is -0.767. The van der Waals surface area contributed by atoms with Crippen LogP contribution in [0.3, 0.4) is 0 Å². The van der Waals surface area contributed by atoms with E-state index < -0.39 is 5.41 Å². The minimum absolute atomic E-state index is 0.103. The second-order valence-corrected chi connectivity index (χ2v) is 5.29. The Morgan fingerprint density at radius 3 is 2.37 bits per heavy atom. The van der Waals surface area contributed by atoms with Crippen molar-refractivity contribution < 1.29 is 4.79 Å². The van der Waals surface area contributed by atoms with E-state index in [1.54, 1.807) is 6.92 Å². The number of rotatable bonds is 6. The number of carbonyl (C=O) groups is 1. The van der Waals surface area contributed by atoms with Crippen molar-refractivity contribution in [3.63, 3.8) is 0 Å². The van der Waals surface area contributed by atoms with E-state index in [9.17, 15) is 4.79 Å². The summed E-state index contributed by atoms with van der Waals surface area (Å²) < 4.78 is 0. The first kappa shape index (κ1) is 15.6. The molecule has 3 nitrogen and oxygen atoms in total. The molecule has 1 atom stereocenters. The van der Waals surface area contributed by atoms with Gasteiger partial charge in [-0.2, -0.15) is 0 Å². The number of nitrogens with one attached hydrogen (secondary N) is 1. The fourth-order valence-corrected chi connectivity index (χ4v) is 2.13. The van der Waals surface area contributed by atoms with E-state index in [1.807, 2.05) is 25.1 Å². The van der Waals surface area contributed by atoms with Gasteiger partial charge in [0.2, 0.25) is 5.91 Å². The first-order chi connectivity index (χ1) is 8.95. The summed E-state index contributed by atoms with van der Waals surface area (Å²) in [5.74, 6) is -0.103. The molecule has 0 fully saturated rings. The molecular weight excluding hydrogens is 256 g/mol.